The van der Waals surface area contributed by atoms with Crippen molar-refractivity contribution in [2.45, 2.75) is 45.4 Å². The Bertz CT molecular complexity index is 601. The van der Waals surface area contributed by atoms with Gasteiger partial charge in [0.2, 0.25) is 0 Å². The van der Waals surface area contributed by atoms with Gasteiger partial charge in [0.15, 0.2) is 11.6 Å². The van der Waals surface area contributed by atoms with Crippen LogP contribution in [0.25, 0.3) is 5.70 Å². The first kappa shape index (κ1) is 16.5. The van der Waals surface area contributed by atoms with Gasteiger partial charge in [-0.15, -0.1) is 0 Å². The predicted molar refractivity (Wildman–Crippen MR) is 93.1 cm³/mol. The van der Waals surface area contributed by atoms with E-state index in [1.54, 1.807) is 10.9 Å². The van der Waals surface area contributed by atoms with Crippen LogP contribution >= 0.6 is 11.8 Å². The van der Waals surface area contributed by atoms with Crippen molar-refractivity contribution in [3.8, 4) is 0 Å². The number of nitrogens with zero attached hydrogens (tertiary/aromatic N) is 2. The third kappa shape index (κ3) is 3.60. The summed E-state index contributed by atoms with van der Waals surface area (Å²) in [5, 5.41) is 4.30. The monoisotopic (exact) mass is 332 g/mol. The molecule has 0 N–H and O–H groups in total. The van der Waals surface area contributed by atoms with Gasteiger partial charge < -0.3 is 0 Å². The molecule has 5 heteroatoms. The van der Waals surface area contributed by atoms with Crippen molar-refractivity contribution in [3.05, 3.63) is 24.0 Å². The van der Waals surface area contributed by atoms with Crippen LogP contribution in [0.5, 0.6) is 0 Å². The van der Waals surface area contributed by atoms with E-state index in [9.17, 15) is 9.59 Å². The van der Waals surface area contributed by atoms with Crippen molar-refractivity contribution in [2.24, 2.45) is 11.8 Å². The first-order valence-electron chi connectivity index (χ1n) is 8.58. The highest BCUT2D eigenvalue weighted by atomic mass is 32.2. The number of aromatic nitrogens is 2. The average Bonchev–Trinajstić information content (AvgIpc) is 3.09. The molecule has 0 aromatic carbocycles. The van der Waals surface area contributed by atoms with E-state index >= 15 is 0 Å². The minimum atomic E-state index is -0.0144. The summed E-state index contributed by atoms with van der Waals surface area (Å²) >= 11 is 2.00. The highest BCUT2D eigenvalue weighted by molar-refractivity contribution is 7.99. The maximum Gasteiger partial charge on any atom is 0.168 e. The Balaban J connectivity index is 1.92. The van der Waals surface area contributed by atoms with Crippen molar-refractivity contribution in [1.82, 2.24) is 9.78 Å². The molecular formula is C18H24N2O2S. The van der Waals surface area contributed by atoms with Crippen LogP contribution < -0.4 is 0 Å². The summed E-state index contributed by atoms with van der Waals surface area (Å²) in [7, 11) is 0. The summed E-state index contributed by atoms with van der Waals surface area (Å²) in [5.74, 6) is 3.33. The minimum absolute atomic E-state index is 0.0144. The largest absolute Gasteiger partial charge is 0.294 e. The van der Waals surface area contributed by atoms with Crippen LogP contribution in [0.3, 0.4) is 0 Å². The molecule has 2 aliphatic rings. The zero-order valence-electron chi connectivity index (χ0n) is 13.7. The number of Topliss-reactive ketones (excluding diaryl/α,β-unsaturated/α-hetero) is 2. The fourth-order valence-corrected chi connectivity index (χ4v) is 4.98. The molecule has 4 nitrogen and oxygen atoms in total. The standard InChI is InChI=1S/C18H24N2O2S/c1-2-5-16(21)18-15(20-8-4-7-19-20)10-14(11-17(18)22)13-6-3-9-23-12-13/h4,7-8,13-14H,2-3,5-6,9-12H2,1H3. The molecule has 0 spiro atoms. The van der Waals surface area contributed by atoms with Gasteiger partial charge in [0.1, 0.15) is 0 Å². The van der Waals surface area contributed by atoms with Crippen LogP contribution in [0.4, 0.5) is 0 Å². The molecule has 1 fully saturated rings. The molecule has 0 bridgehead atoms. The Morgan fingerprint density at radius 3 is 2.91 bits per heavy atom. The van der Waals surface area contributed by atoms with E-state index in [4.69, 9.17) is 0 Å². The first-order chi connectivity index (χ1) is 11.2. The second-order valence-corrected chi connectivity index (χ2v) is 7.66. The molecule has 2 heterocycles. The highest BCUT2D eigenvalue weighted by Gasteiger charge is 2.36. The van der Waals surface area contributed by atoms with Crippen molar-refractivity contribution >= 4 is 29.0 Å². The third-order valence-electron chi connectivity index (χ3n) is 4.87. The number of ketones is 2. The molecule has 2 atom stereocenters. The summed E-state index contributed by atoms with van der Waals surface area (Å²) in [6.07, 6.45) is 8.53. The lowest BCUT2D eigenvalue weighted by Gasteiger charge is -2.33. The Kier molecular flexibility index (Phi) is 5.36. The molecule has 1 aliphatic carbocycles. The molecular weight excluding hydrogens is 308 g/mol. The van der Waals surface area contributed by atoms with Crippen molar-refractivity contribution in [3.63, 3.8) is 0 Å². The maximum atomic E-state index is 12.7. The molecule has 1 aromatic heterocycles. The van der Waals surface area contributed by atoms with E-state index in [0.29, 0.717) is 30.3 Å². The summed E-state index contributed by atoms with van der Waals surface area (Å²) in [5.41, 5.74) is 1.24. The van der Waals surface area contributed by atoms with Crippen LogP contribution in [-0.2, 0) is 9.59 Å². The number of allylic oxidation sites excluding steroid dienone is 2. The number of rotatable bonds is 5. The number of hydrogen-bond donors (Lipinski definition) is 0. The fraction of sp³-hybridized carbons (Fsp3) is 0.611. The van der Waals surface area contributed by atoms with E-state index in [1.165, 1.54) is 18.6 Å². The summed E-state index contributed by atoms with van der Waals surface area (Å²) in [6, 6.07) is 1.85. The van der Waals surface area contributed by atoms with Crippen LogP contribution in [0, 0.1) is 11.8 Å². The van der Waals surface area contributed by atoms with Gasteiger partial charge in [-0.3, -0.25) is 9.59 Å². The van der Waals surface area contributed by atoms with E-state index in [0.717, 1.165) is 24.3 Å². The predicted octanol–water partition coefficient (Wildman–Crippen LogP) is 3.59. The second kappa shape index (κ2) is 7.47. The molecule has 0 amide bonds. The Morgan fingerprint density at radius 2 is 2.26 bits per heavy atom. The van der Waals surface area contributed by atoms with Gasteiger partial charge in [-0.2, -0.15) is 16.9 Å². The topological polar surface area (TPSA) is 52.0 Å². The van der Waals surface area contributed by atoms with E-state index in [-0.39, 0.29) is 11.6 Å². The lowest BCUT2D eigenvalue weighted by Crippen LogP contribution is -2.31. The molecule has 1 saturated heterocycles. The molecule has 0 radical (unpaired) electrons. The van der Waals surface area contributed by atoms with Crippen molar-refractivity contribution in [1.29, 1.82) is 0 Å². The summed E-state index contributed by atoms with van der Waals surface area (Å²) in [4.78, 5) is 25.2. The first-order valence-corrected chi connectivity index (χ1v) is 9.73. The van der Waals surface area contributed by atoms with Gasteiger partial charge >= 0.3 is 0 Å². The normalized spacial score (nSPS) is 25.7. The zero-order chi connectivity index (χ0) is 16.2. The van der Waals surface area contributed by atoms with E-state index in [1.807, 2.05) is 30.9 Å². The van der Waals surface area contributed by atoms with Gasteiger partial charge in [-0.1, -0.05) is 6.92 Å². The van der Waals surface area contributed by atoms with Crippen LogP contribution in [0.2, 0.25) is 0 Å². The molecule has 23 heavy (non-hydrogen) atoms. The molecule has 124 valence electrons. The zero-order valence-corrected chi connectivity index (χ0v) is 14.5. The van der Waals surface area contributed by atoms with Crippen molar-refractivity contribution < 1.29 is 9.59 Å². The second-order valence-electron chi connectivity index (χ2n) is 6.51. The van der Waals surface area contributed by atoms with Gasteiger partial charge in [0, 0.05) is 25.2 Å². The maximum absolute atomic E-state index is 12.7. The Labute approximate surface area is 141 Å². The van der Waals surface area contributed by atoms with Gasteiger partial charge in [-0.25, -0.2) is 4.68 Å². The molecule has 3 rings (SSSR count). The summed E-state index contributed by atoms with van der Waals surface area (Å²) in [6.45, 7) is 1.97. The SMILES string of the molecule is CCCC(=O)C1=C(n2cccn2)CC(C2CCCSC2)CC1=O. The molecule has 0 saturated carbocycles. The van der Waals surface area contributed by atoms with Crippen molar-refractivity contribution in [2.75, 3.05) is 11.5 Å². The lowest BCUT2D eigenvalue weighted by atomic mass is 9.76. The van der Waals surface area contributed by atoms with Gasteiger partial charge in [-0.05, 0) is 55.1 Å². The quantitative estimate of drug-likeness (QED) is 0.773. The summed E-state index contributed by atoms with van der Waals surface area (Å²) < 4.78 is 1.74. The third-order valence-corrected chi connectivity index (χ3v) is 6.11. The van der Waals surface area contributed by atoms with Crippen LogP contribution in [0.1, 0.15) is 45.4 Å². The fourth-order valence-electron chi connectivity index (χ4n) is 3.70. The van der Waals surface area contributed by atoms with Crippen LogP contribution in [0.15, 0.2) is 24.0 Å². The van der Waals surface area contributed by atoms with Gasteiger partial charge in [0.05, 0.1) is 11.3 Å². The minimum Gasteiger partial charge on any atom is -0.294 e. The van der Waals surface area contributed by atoms with Crippen LogP contribution in [-0.4, -0.2) is 32.9 Å². The van der Waals surface area contributed by atoms with E-state index in [2.05, 4.69) is 5.10 Å². The van der Waals surface area contributed by atoms with E-state index < -0.39 is 0 Å². The number of carbonyl (C=O) groups excluding carboxylic acids is 2. The highest BCUT2D eigenvalue weighted by Crippen LogP contribution is 2.39. The molecule has 1 aliphatic heterocycles. The number of carbonyl (C=O) groups is 2. The average molecular weight is 332 g/mol. The smallest absolute Gasteiger partial charge is 0.168 e. The lowest BCUT2D eigenvalue weighted by molar-refractivity contribution is -0.122. The number of hydrogen-bond acceptors (Lipinski definition) is 4. The van der Waals surface area contributed by atoms with Gasteiger partial charge in [0.25, 0.3) is 0 Å². The Morgan fingerprint density at radius 1 is 1.39 bits per heavy atom. The Hall–Kier alpha value is -1.36. The molecule has 2 unspecified atom stereocenters. The molecule has 1 aromatic rings. The number of thioether (sulfide) groups is 1.